The molecule has 6 rings (SSSR count). The Balaban J connectivity index is 1.38. The summed E-state index contributed by atoms with van der Waals surface area (Å²) in [6.45, 7) is 4.32. The molecule has 1 aromatic rings. The van der Waals surface area contributed by atoms with Gasteiger partial charge in [0.2, 0.25) is 10.0 Å². The van der Waals surface area contributed by atoms with E-state index in [9.17, 15) is 13.2 Å². The molecule has 0 radical (unpaired) electrons. The summed E-state index contributed by atoms with van der Waals surface area (Å²) >= 11 is 0. The Morgan fingerprint density at radius 2 is 1.57 bits per heavy atom. The van der Waals surface area contributed by atoms with Crippen molar-refractivity contribution in [3.8, 4) is 0 Å². The van der Waals surface area contributed by atoms with Crippen LogP contribution in [0.4, 0.5) is 0 Å². The third kappa shape index (κ3) is 3.59. The fraction of sp³-hybridized carbons (Fsp3) is 0.696. The third-order valence-corrected chi connectivity index (χ3v) is 9.87. The van der Waals surface area contributed by atoms with Crippen LogP contribution in [-0.2, 0) is 10.0 Å². The molecule has 1 aliphatic heterocycles. The van der Waals surface area contributed by atoms with E-state index < -0.39 is 10.0 Å². The van der Waals surface area contributed by atoms with Crippen molar-refractivity contribution in [3.05, 3.63) is 29.3 Å². The molecule has 6 nitrogen and oxygen atoms in total. The molecule has 0 aromatic heterocycles. The summed E-state index contributed by atoms with van der Waals surface area (Å²) in [5.41, 5.74) is 1.25. The molecule has 4 saturated carbocycles. The molecule has 30 heavy (non-hydrogen) atoms. The number of carbonyl (C=O) groups excluding carboxylic acids is 1. The van der Waals surface area contributed by atoms with Crippen molar-refractivity contribution in [2.45, 2.75) is 55.9 Å². The van der Waals surface area contributed by atoms with E-state index in [0.717, 1.165) is 55.7 Å². The van der Waals surface area contributed by atoms with Gasteiger partial charge >= 0.3 is 0 Å². The molecule has 1 amide bonds. The molecule has 1 saturated heterocycles. The van der Waals surface area contributed by atoms with Gasteiger partial charge in [-0.25, -0.2) is 8.42 Å². The zero-order chi connectivity index (χ0) is 21.1. The molecule has 0 unspecified atom stereocenters. The second kappa shape index (κ2) is 7.31. The first-order valence-electron chi connectivity index (χ1n) is 11.4. The Bertz CT molecular complexity index is 915. The smallest absolute Gasteiger partial charge is 0.252 e. The summed E-state index contributed by atoms with van der Waals surface area (Å²) in [4.78, 5) is 15.7. The first-order valence-corrected chi connectivity index (χ1v) is 12.8. The molecule has 0 atom stereocenters. The molecule has 0 spiro atoms. The standard InChI is InChI=1S/C23H33N3O3S/c1-16-3-4-20(30(28,29)26-7-5-25(2)6-8-26)12-21(16)22(27)24-23-13-17-9-18(14-23)11-19(10-17)15-23/h3-4,12,17-19H,5-11,13-15H2,1-2H3,(H,24,27). The molecular weight excluding hydrogens is 398 g/mol. The van der Waals surface area contributed by atoms with E-state index in [1.54, 1.807) is 22.5 Å². The fourth-order valence-electron chi connectivity index (χ4n) is 6.76. The summed E-state index contributed by atoms with van der Waals surface area (Å²) in [5.74, 6) is 2.15. The molecule has 5 aliphatic rings. The van der Waals surface area contributed by atoms with Gasteiger partial charge in [-0.15, -0.1) is 0 Å². The molecule has 1 N–H and O–H groups in total. The van der Waals surface area contributed by atoms with Gasteiger partial charge in [-0.3, -0.25) is 4.79 Å². The lowest BCUT2D eigenvalue weighted by Gasteiger charge is -2.56. The number of piperazine rings is 1. The maximum Gasteiger partial charge on any atom is 0.252 e. The molecule has 164 valence electrons. The zero-order valence-corrected chi connectivity index (χ0v) is 18.9. The van der Waals surface area contributed by atoms with E-state index in [0.29, 0.717) is 18.7 Å². The second-order valence-electron chi connectivity index (χ2n) is 10.3. The van der Waals surface area contributed by atoms with Gasteiger partial charge in [0.1, 0.15) is 0 Å². The van der Waals surface area contributed by atoms with Crippen LogP contribution in [0, 0.1) is 24.7 Å². The molecule has 4 aliphatic carbocycles. The minimum absolute atomic E-state index is 0.0788. The molecule has 7 heteroatoms. The number of nitrogens with zero attached hydrogens (tertiary/aromatic N) is 2. The predicted octanol–water partition coefficient (Wildman–Crippen LogP) is 2.63. The van der Waals surface area contributed by atoms with E-state index in [4.69, 9.17) is 0 Å². The lowest BCUT2D eigenvalue weighted by molar-refractivity contribution is -0.0167. The minimum atomic E-state index is -3.58. The van der Waals surface area contributed by atoms with Crippen LogP contribution in [0.25, 0.3) is 0 Å². The zero-order valence-electron chi connectivity index (χ0n) is 18.1. The van der Waals surface area contributed by atoms with Gasteiger partial charge in [-0.05, 0) is 87.9 Å². The highest BCUT2D eigenvalue weighted by Crippen LogP contribution is 2.55. The molecule has 1 aromatic carbocycles. The fourth-order valence-corrected chi connectivity index (χ4v) is 8.20. The monoisotopic (exact) mass is 431 g/mol. The maximum atomic E-state index is 13.3. The second-order valence-corrected chi connectivity index (χ2v) is 12.3. The van der Waals surface area contributed by atoms with Gasteiger partial charge in [0.05, 0.1) is 4.90 Å². The molecular formula is C23H33N3O3S. The average Bonchev–Trinajstić information content (AvgIpc) is 2.67. The first-order chi connectivity index (χ1) is 14.2. The number of aryl methyl sites for hydroxylation is 1. The van der Waals surface area contributed by atoms with Crippen molar-refractivity contribution in [2.24, 2.45) is 17.8 Å². The molecule has 5 fully saturated rings. The maximum absolute atomic E-state index is 13.3. The van der Waals surface area contributed by atoms with Crippen molar-refractivity contribution in [2.75, 3.05) is 33.2 Å². The SMILES string of the molecule is Cc1ccc(S(=O)(=O)N2CCN(C)CC2)cc1C(=O)NC12CC3CC(CC(C3)C1)C2. The predicted molar refractivity (Wildman–Crippen MR) is 116 cm³/mol. The van der Waals surface area contributed by atoms with Gasteiger partial charge in [0, 0.05) is 37.3 Å². The quantitative estimate of drug-likeness (QED) is 0.796. The Morgan fingerprint density at radius 1 is 1.00 bits per heavy atom. The summed E-state index contributed by atoms with van der Waals surface area (Å²) in [6.07, 6.45) is 7.24. The summed E-state index contributed by atoms with van der Waals surface area (Å²) < 4.78 is 27.9. The van der Waals surface area contributed by atoms with Crippen molar-refractivity contribution < 1.29 is 13.2 Å². The number of hydrogen-bond donors (Lipinski definition) is 1. The first kappa shape index (κ1) is 20.5. The van der Waals surface area contributed by atoms with Crippen LogP contribution in [0.5, 0.6) is 0 Å². The number of amides is 1. The Hall–Kier alpha value is -1.44. The topological polar surface area (TPSA) is 69.7 Å². The number of carbonyl (C=O) groups is 1. The molecule has 1 heterocycles. The van der Waals surface area contributed by atoms with Gasteiger partial charge in [-0.2, -0.15) is 4.31 Å². The number of sulfonamides is 1. The largest absolute Gasteiger partial charge is 0.347 e. The van der Waals surface area contributed by atoms with Crippen LogP contribution in [0.2, 0.25) is 0 Å². The van der Waals surface area contributed by atoms with Gasteiger partial charge < -0.3 is 10.2 Å². The van der Waals surface area contributed by atoms with Gasteiger partial charge in [0.25, 0.3) is 5.91 Å². The number of rotatable bonds is 4. The number of likely N-dealkylation sites (N-methyl/N-ethyl adjacent to an activating group) is 1. The van der Waals surface area contributed by atoms with E-state index in [1.165, 1.54) is 19.3 Å². The van der Waals surface area contributed by atoms with Crippen LogP contribution in [0.15, 0.2) is 23.1 Å². The van der Waals surface area contributed by atoms with Crippen LogP contribution in [0.1, 0.15) is 54.4 Å². The number of nitrogens with one attached hydrogen (secondary N) is 1. The normalized spacial score (nSPS) is 34.3. The number of hydrogen-bond acceptors (Lipinski definition) is 4. The molecule has 4 bridgehead atoms. The van der Waals surface area contributed by atoms with Crippen LogP contribution >= 0.6 is 0 Å². The van der Waals surface area contributed by atoms with Gasteiger partial charge in [0.15, 0.2) is 0 Å². The third-order valence-electron chi connectivity index (χ3n) is 7.97. The van der Waals surface area contributed by atoms with Gasteiger partial charge in [-0.1, -0.05) is 6.07 Å². The van der Waals surface area contributed by atoms with E-state index in [1.807, 2.05) is 14.0 Å². The lowest BCUT2D eigenvalue weighted by Crippen LogP contribution is -2.59. The number of benzene rings is 1. The minimum Gasteiger partial charge on any atom is -0.347 e. The lowest BCUT2D eigenvalue weighted by atomic mass is 9.53. The highest BCUT2D eigenvalue weighted by atomic mass is 32.2. The van der Waals surface area contributed by atoms with E-state index >= 15 is 0 Å². The van der Waals surface area contributed by atoms with E-state index in [2.05, 4.69) is 10.2 Å². The van der Waals surface area contributed by atoms with Crippen molar-refractivity contribution in [3.63, 3.8) is 0 Å². The summed E-state index contributed by atoms with van der Waals surface area (Å²) in [5, 5.41) is 3.39. The van der Waals surface area contributed by atoms with Crippen molar-refractivity contribution >= 4 is 15.9 Å². The van der Waals surface area contributed by atoms with Crippen LogP contribution < -0.4 is 5.32 Å². The van der Waals surface area contributed by atoms with Crippen molar-refractivity contribution in [1.29, 1.82) is 0 Å². The average molecular weight is 432 g/mol. The Kier molecular flexibility index (Phi) is 4.99. The Labute approximate surface area is 180 Å². The highest BCUT2D eigenvalue weighted by Gasteiger charge is 2.51. The summed E-state index contributed by atoms with van der Waals surface area (Å²) in [7, 11) is -1.58. The Morgan fingerprint density at radius 3 is 2.13 bits per heavy atom. The van der Waals surface area contributed by atoms with Crippen molar-refractivity contribution in [1.82, 2.24) is 14.5 Å². The van der Waals surface area contributed by atoms with E-state index in [-0.39, 0.29) is 16.3 Å². The summed E-state index contributed by atoms with van der Waals surface area (Å²) in [6, 6.07) is 5.01. The van der Waals surface area contributed by atoms with Crippen LogP contribution in [0.3, 0.4) is 0 Å². The van der Waals surface area contributed by atoms with Crippen LogP contribution in [-0.4, -0.2) is 62.3 Å². The highest BCUT2D eigenvalue weighted by molar-refractivity contribution is 7.89.